The predicted molar refractivity (Wildman–Crippen MR) is 132 cm³/mol. The number of hydrogen-bond acceptors (Lipinski definition) is 8. The van der Waals surface area contributed by atoms with Gasteiger partial charge in [-0.3, -0.25) is 29.4 Å². The van der Waals surface area contributed by atoms with Gasteiger partial charge in [0, 0.05) is 28.2 Å². The third-order valence-corrected chi connectivity index (χ3v) is 10.9. The molecule has 7 rings (SSSR count). The summed E-state index contributed by atoms with van der Waals surface area (Å²) in [6, 6.07) is 12.5. The smallest absolute Gasteiger partial charge is 0.305 e. The quantitative estimate of drug-likeness (QED) is 0.305. The number of nitro groups is 1. The summed E-state index contributed by atoms with van der Waals surface area (Å²) in [6.07, 6.45) is 0.775. The number of aromatic hydroxyl groups is 1. The summed E-state index contributed by atoms with van der Waals surface area (Å²) in [7, 11) is 0. The van der Waals surface area contributed by atoms with Crippen molar-refractivity contribution in [2.24, 2.45) is 29.6 Å². The van der Waals surface area contributed by atoms with Gasteiger partial charge in [-0.05, 0) is 54.0 Å². The molecule has 3 aromatic rings. The third-order valence-electron chi connectivity index (χ3n) is 8.29. The van der Waals surface area contributed by atoms with E-state index in [9.17, 15) is 29.6 Å². The van der Waals surface area contributed by atoms with E-state index in [-0.39, 0.29) is 57.0 Å². The number of nitrogens with zero attached hydrogens (tertiary/aromatic N) is 2. The Morgan fingerprint density at radius 3 is 2.31 bits per heavy atom. The van der Waals surface area contributed by atoms with E-state index < -0.39 is 16.8 Å². The first-order valence-corrected chi connectivity index (χ1v) is 13.3. The maximum atomic E-state index is 13.7. The lowest BCUT2D eigenvalue weighted by molar-refractivity contribution is -0.384. The summed E-state index contributed by atoms with van der Waals surface area (Å²) in [4.78, 5) is 55.1. The molecule has 2 amide bonds. The van der Waals surface area contributed by atoms with Crippen LogP contribution in [0.15, 0.2) is 58.4 Å². The van der Waals surface area contributed by atoms with Crippen LogP contribution in [-0.2, 0) is 9.59 Å². The van der Waals surface area contributed by atoms with Crippen LogP contribution in [0.5, 0.6) is 5.75 Å². The number of thiazole rings is 1. The van der Waals surface area contributed by atoms with Crippen LogP contribution in [0.1, 0.15) is 22.8 Å². The monoisotopic (exact) mass is 521 g/mol. The number of imide groups is 1. The van der Waals surface area contributed by atoms with E-state index in [1.807, 2.05) is 12.1 Å². The van der Waals surface area contributed by atoms with Crippen LogP contribution < -0.4 is 9.77 Å². The van der Waals surface area contributed by atoms with Crippen molar-refractivity contribution in [3.8, 4) is 5.75 Å². The van der Waals surface area contributed by atoms with Crippen molar-refractivity contribution < 1.29 is 19.6 Å². The Labute approximate surface area is 212 Å². The molecule has 4 aliphatic rings. The lowest BCUT2D eigenvalue weighted by Gasteiger charge is -2.43. The van der Waals surface area contributed by atoms with Crippen molar-refractivity contribution >= 4 is 46.3 Å². The number of carbonyl (C=O) groups excluding carboxylic acids is 2. The summed E-state index contributed by atoms with van der Waals surface area (Å²) in [5.74, 6) is -1.28. The number of carbonyl (C=O) groups is 2. The van der Waals surface area contributed by atoms with Crippen LogP contribution in [0.3, 0.4) is 0 Å². The van der Waals surface area contributed by atoms with Crippen LogP contribution in [0.4, 0.5) is 11.4 Å². The van der Waals surface area contributed by atoms with Gasteiger partial charge in [-0.1, -0.05) is 23.5 Å². The molecule has 182 valence electrons. The number of aromatic amines is 1. The van der Waals surface area contributed by atoms with Crippen molar-refractivity contribution in [2.75, 3.05) is 4.90 Å². The van der Waals surface area contributed by atoms with Crippen molar-refractivity contribution in [1.82, 2.24) is 4.98 Å². The lowest BCUT2D eigenvalue weighted by Crippen LogP contribution is -2.42. The minimum atomic E-state index is -0.513. The van der Waals surface area contributed by atoms with Crippen LogP contribution in [-0.4, -0.2) is 32.1 Å². The van der Waals surface area contributed by atoms with Gasteiger partial charge in [-0.15, -0.1) is 11.8 Å². The molecule has 0 spiro atoms. The molecule has 2 aliphatic carbocycles. The average Bonchev–Trinajstić information content (AvgIpc) is 3.58. The summed E-state index contributed by atoms with van der Waals surface area (Å²) >= 11 is 2.81. The van der Waals surface area contributed by atoms with E-state index in [0.717, 1.165) is 21.9 Å². The van der Waals surface area contributed by atoms with E-state index in [0.29, 0.717) is 5.69 Å². The van der Waals surface area contributed by atoms with Gasteiger partial charge in [-0.2, -0.15) is 0 Å². The number of non-ortho nitro benzene ring substituents is 1. The molecule has 2 N–H and O–H groups in total. The summed E-state index contributed by atoms with van der Waals surface area (Å²) in [6.45, 7) is 0. The molecular weight excluding hydrogens is 502 g/mol. The molecule has 2 saturated carbocycles. The maximum absolute atomic E-state index is 13.7. The number of phenolic OH excluding ortho intramolecular Hbond substituents is 1. The lowest BCUT2D eigenvalue weighted by atomic mass is 9.68. The van der Waals surface area contributed by atoms with Gasteiger partial charge < -0.3 is 10.1 Å². The zero-order valence-corrected chi connectivity index (χ0v) is 20.2. The number of fused-ring (bicyclic) bond motifs is 9. The molecule has 3 heterocycles. The molecule has 3 fully saturated rings. The molecule has 2 aromatic carbocycles. The number of phenols is 1. The van der Waals surface area contributed by atoms with Crippen LogP contribution in [0.2, 0.25) is 0 Å². The molecule has 2 aliphatic heterocycles. The van der Waals surface area contributed by atoms with Crippen LogP contribution in [0, 0.1) is 39.7 Å². The highest BCUT2D eigenvalue weighted by atomic mass is 32.2. The van der Waals surface area contributed by atoms with Crippen molar-refractivity contribution in [3.05, 3.63) is 78.8 Å². The highest BCUT2D eigenvalue weighted by Gasteiger charge is 2.69. The van der Waals surface area contributed by atoms with Crippen molar-refractivity contribution in [3.63, 3.8) is 0 Å². The normalized spacial score (nSPS) is 31.9. The SMILES string of the molecule is O=C1[C@H]2[C@H]3C[C@@H]([C@@H]2C(=O)N1c1ccc([N+](=O)[O-])cc1)[C@H]1[C@H](c2ccc(O)cc2)c2sc(=O)[nH]c2S[C@H]31. The number of thioether (sulfide) groups is 1. The Kier molecular flexibility index (Phi) is 4.56. The first kappa shape index (κ1) is 21.8. The zero-order valence-electron chi connectivity index (χ0n) is 18.6. The molecule has 9 nitrogen and oxygen atoms in total. The van der Waals surface area contributed by atoms with E-state index in [4.69, 9.17) is 0 Å². The Balaban J connectivity index is 1.29. The fraction of sp³-hybridized carbons (Fsp3) is 0.320. The van der Waals surface area contributed by atoms with Crippen molar-refractivity contribution in [2.45, 2.75) is 22.6 Å². The number of amides is 2. The maximum Gasteiger partial charge on any atom is 0.305 e. The third kappa shape index (κ3) is 2.86. The minimum Gasteiger partial charge on any atom is -0.508 e. The van der Waals surface area contributed by atoms with E-state index in [1.54, 1.807) is 23.9 Å². The summed E-state index contributed by atoms with van der Waals surface area (Å²) in [5.41, 5.74) is 1.24. The second kappa shape index (κ2) is 7.53. The molecule has 11 heteroatoms. The second-order valence-corrected chi connectivity index (χ2v) is 12.0. The number of aromatic nitrogens is 1. The molecule has 0 unspecified atom stereocenters. The van der Waals surface area contributed by atoms with E-state index in [1.165, 1.54) is 40.5 Å². The van der Waals surface area contributed by atoms with Gasteiger partial charge in [0.1, 0.15) is 5.75 Å². The van der Waals surface area contributed by atoms with Gasteiger partial charge in [0.15, 0.2) is 0 Å². The minimum absolute atomic E-state index is 0.00864. The Hall–Kier alpha value is -3.44. The van der Waals surface area contributed by atoms with Crippen LogP contribution in [0.25, 0.3) is 0 Å². The fourth-order valence-corrected chi connectivity index (χ4v) is 9.94. The Morgan fingerprint density at radius 2 is 1.64 bits per heavy atom. The van der Waals surface area contributed by atoms with Crippen LogP contribution >= 0.6 is 23.1 Å². The Bertz CT molecular complexity index is 1500. The Morgan fingerprint density at radius 1 is 0.972 bits per heavy atom. The fourth-order valence-electron chi connectivity index (χ4n) is 7.05. The summed E-state index contributed by atoms with van der Waals surface area (Å²) < 4.78 is 0. The second-order valence-electron chi connectivity index (χ2n) is 9.84. The summed E-state index contributed by atoms with van der Waals surface area (Å²) in [5, 5.41) is 21.8. The van der Waals surface area contributed by atoms with E-state index in [2.05, 4.69) is 4.98 Å². The number of anilines is 1. The van der Waals surface area contributed by atoms with Gasteiger partial charge in [0.25, 0.3) is 5.69 Å². The largest absolute Gasteiger partial charge is 0.508 e. The number of nitrogens with one attached hydrogen (secondary N) is 1. The highest BCUT2D eigenvalue weighted by molar-refractivity contribution is 8.00. The molecule has 1 saturated heterocycles. The zero-order chi connectivity index (χ0) is 24.9. The molecule has 1 aromatic heterocycles. The highest BCUT2D eigenvalue weighted by Crippen LogP contribution is 2.68. The number of hydrogen-bond donors (Lipinski definition) is 2. The topological polar surface area (TPSA) is 134 Å². The predicted octanol–water partition coefficient (Wildman–Crippen LogP) is 3.73. The average molecular weight is 522 g/mol. The van der Waals surface area contributed by atoms with Gasteiger partial charge in [0.05, 0.1) is 27.5 Å². The number of rotatable bonds is 3. The first-order valence-electron chi connectivity index (χ1n) is 11.6. The van der Waals surface area contributed by atoms with Gasteiger partial charge in [-0.25, -0.2) is 0 Å². The van der Waals surface area contributed by atoms with Crippen molar-refractivity contribution in [1.29, 1.82) is 0 Å². The number of benzene rings is 2. The van der Waals surface area contributed by atoms with E-state index >= 15 is 0 Å². The number of H-pyrrole nitrogens is 1. The first-order chi connectivity index (χ1) is 17.3. The van der Waals surface area contributed by atoms with Gasteiger partial charge >= 0.3 is 4.87 Å². The molecule has 7 atom stereocenters. The molecule has 0 radical (unpaired) electrons. The van der Waals surface area contributed by atoms with Gasteiger partial charge in [0.2, 0.25) is 11.8 Å². The standard InChI is InChI=1S/C25H19N3O6S2/c29-13-7-1-10(2-8-13)16-17-14-9-15(20(17)35-22-21(16)36-25(32)26-22)19-18(14)23(30)27(24(19)31)11-3-5-12(6-4-11)28(33)34/h1-8,14-20,29H,9H2,(H,26,32)/t14-,15-,16+,17+,18+,19+,20-/m1/s1. The number of nitro benzene ring substituents is 1. The molecule has 36 heavy (non-hydrogen) atoms. The molecular formula is C25H19N3O6S2. The molecule has 2 bridgehead atoms.